The van der Waals surface area contributed by atoms with Gasteiger partial charge in [0, 0.05) is 13.6 Å². The summed E-state index contributed by atoms with van der Waals surface area (Å²) in [5, 5.41) is 2.59. The number of likely N-dealkylation sites (N-methyl/N-ethyl adjacent to an activating group) is 1. The van der Waals surface area contributed by atoms with Crippen molar-refractivity contribution < 1.29 is 18.0 Å². The number of carbonyl (C=O) groups is 2. The molecule has 1 atom stereocenters. The van der Waals surface area contributed by atoms with E-state index in [0.29, 0.717) is 12.1 Å². The van der Waals surface area contributed by atoms with Gasteiger partial charge in [-0.25, -0.2) is 8.42 Å². The first kappa shape index (κ1) is 26.9. The number of amides is 2. The Kier molecular flexibility index (Phi) is 8.88. The van der Waals surface area contributed by atoms with Crippen LogP contribution in [0.1, 0.15) is 23.6 Å². The van der Waals surface area contributed by atoms with Crippen LogP contribution in [0.3, 0.4) is 0 Å². The van der Waals surface area contributed by atoms with E-state index in [0.717, 1.165) is 21.0 Å². The molecule has 3 rings (SSSR count). The van der Waals surface area contributed by atoms with Crippen molar-refractivity contribution in [2.45, 2.75) is 38.1 Å². The molecule has 0 aliphatic carbocycles. The van der Waals surface area contributed by atoms with Gasteiger partial charge in [0.15, 0.2) is 0 Å². The third-order valence-electron chi connectivity index (χ3n) is 6.14. The van der Waals surface area contributed by atoms with Crippen molar-refractivity contribution in [2.75, 3.05) is 24.4 Å². The molecule has 190 valence electrons. The number of anilines is 1. The lowest BCUT2D eigenvalue weighted by molar-refractivity contribution is -0.138. The Morgan fingerprint density at radius 1 is 0.917 bits per heavy atom. The van der Waals surface area contributed by atoms with Crippen LogP contribution in [0.2, 0.25) is 0 Å². The van der Waals surface area contributed by atoms with E-state index in [2.05, 4.69) is 5.32 Å². The third kappa shape index (κ3) is 6.31. The Labute approximate surface area is 213 Å². The van der Waals surface area contributed by atoms with Crippen LogP contribution in [0.15, 0.2) is 83.8 Å². The summed E-state index contributed by atoms with van der Waals surface area (Å²) in [5.74, 6) is -0.775. The van der Waals surface area contributed by atoms with Gasteiger partial charge < -0.3 is 10.2 Å². The van der Waals surface area contributed by atoms with E-state index in [-0.39, 0.29) is 17.3 Å². The maximum Gasteiger partial charge on any atom is 0.264 e. The van der Waals surface area contributed by atoms with Gasteiger partial charge >= 0.3 is 0 Å². The van der Waals surface area contributed by atoms with Crippen molar-refractivity contribution in [1.29, 1.82) is 0 Å². The van der Waals surface area contributed by atoms with Crippen LogP contribution in [-0.4, -0.2) is 51.3 Å². The first-order chi connectivity index (χ1) is 17.1. The summed E-state index contributed by atoms with van der Waals surface area (Å²) in [7, 11) is -2.54. The summed E-state index contributed by atoms with van der Waals surface area (Å²) in [6.07, 6.45) is 0.531. The minimum absolute atomic E-state index is 0.0916. The fourth-order valence-electron chi connectivity index (χ4n) is 4.00. The summed E-state index contributed by atoms with van der Waals surface area (Å²) >= 11 is 0. The Bertz CT molecular complexity index is 1290. The van der Waals surface area contributed by atoms with Crippen molar-refractivity contribution in [1.82, 2.24) is 10.2 Å². The lowest BCUT2D eigenvalue weighted by Gasteiger charge is -2.32. The molecule has 0 aliphatic heterocycles. The Morgan fingerprint density at radius 3 is 2.14 bits per heavy atom. The van der Waals surface area contributed by atoms with Crippen molar-refractivity contribution in [3.63, 3.8) is 0 Å². The molecule has 0 heterocycles. The number of rotatable bonds is 10. The van der Waals surface area contributed by atoms with Crippen molar-refractivity contribution >= 4 is 27.5 Å². The molecule has 7 nitrogen and oxygen atoms in total. The smallest absolute Gasteiger partial charge is 0.264 e. The van der Waals surface area contributed by atoms with Crippen LogP contribution in [-0.2, 0) is 26.0 Å². The van der Waals surface area contributed by atoms with Crippen molar-refractivity contribution in [2.24, 2.45) is 0 Å². The lowest BCUT2D eigenvalue weighted by Crippen LogP contribution is -2.51. The molecular formula is C28H33N3O4S. The zero-order chi connectivity index (χ0) is 26.3. The highest BCUT2D eigenvalue weighted by atomic mass is 32.2. The second-order valence-electron chi connectivity index (χ2n) is 8.73. The van der Waals surface area contributed by atoms with E-state index in [9.17, 15) is 18.0 Å². The number of benzene rings is 3. The van der Waals surface area contributed by atoms with Gasteiger partial charge in [0.1, 0.15) is 12.6 Å². The summed E-state index contributed by atoms with van der Waals surface area (Å²) < 4.78 is 28.7. The summed E-state index contributed by atoms with van der Waals surface area (Å²) in [6, 6.07) is 22.4. The molecule has 0 spiro atoms. The average molecular weight is 508 g/mol. The van der Waals surface area contributed by atoms with Crippen LogP contribution in [0.4, 0.5) is 5.69 Å². The molecule has 2 amide bonds. The fourth-order valence-corrected chi connectivity index (χ4v) is 5.49. The normalized spacial score (nSPS) is 12.0. The van der Waals surface area contributed by atoms with Crippen LogP contribution < -0.4 is 9.62 Å². The van der Waals surface area contributed by atoms with E-state index in [1.807, 2.05) is 56.3 Å². The third-order valence-corrected chi connectivity index (χ3v) is 7.92. The molecule has 0 unspecified atom stereocenters. The zero-order valence-electron chi connectivity index (χ0n) is 21.1. The van der Waals surface area contributed by atoms with Crippen LogP contribution in [0, 0.1) is 13.8 Å². The molecule has 36 heavy (non-hydrogen) atoms. The first-order valence-corrected chi connectivity index (χ1v) is 13.3. The summed E-state index contributed by atoms with van der Waals surface area (Å²) in [5.41, 5.74) is 3.05. The topological polar surface area (TPSA) is 86.8 Å². The molecule has 0 bridgehead atoms. The zero-order valence-corrected chi connectivity index (χ0v) is 22.0. The SMILES string of the molecule is CNC(=O)[C@@H](C)N(CCc1ccccc1)C(=O)CN(c1cc(C)ccc1C)S(=O)(=O)c1ccccc1. The van der Waals surface area contributed by atoms with E-state index in [1.54, 1.807) is 31.2 Å². The molecule has 3 aromatic rings. The summed E-state index contributed by atoms with van der Waals surface area (Å²) in [4.78, 5) is 27.8. The number of sulfonamides is 1. The highest BCUT2D eigenvalue weighted by Gasteiger charge is 2.32. The second-order valence-corrected chi connectivity index (χ2v) is 10.6. The number of carbonyl (C=O) groups excluding carboxylic acids is 2. The number of nitrogens with zero attached hydrogens (tertiary/aromatic N) is 2. The Morgan fingerprint density at radius 2 is 1.53 bits per heavy atom. The van der Waals surface area contributed by atoms with Crippen molar-refractivity contribution in [3.8, 4) is 0 Å². The van der Waals surface area contributed by atoms with Gasteiger partial charge in [0.2, 0.25) is 11.8 Å². The highest BCUT2D eigenvalue weighted by Crippen LogP contribution is 2.28. The van der Waals surface area contributed by atoms with Gasteiger partial charge in [0.05, 0.1) is 10.6 Å². The molecule has 0 aromatic heterocycles. The molecular weight excluding hydrogens is 474 g/mol. The fraction of sp³-hybridized carbons (Fsp3) is 0.286. The first-order valence-electron chi connectivity index (χ1n) is 11.8. The molecule has 0 saturated heterocycles. The monoisotopic (exact) mass is 507 g/mol. The number of aryl methyl sites for hydroxylation is 2. The second kappa shape index (κ2) is 11.9. The molecule has 8 heteroatoms. The maximum atomic E-state index is 13.8. The van der Waals surface area contributed by atoms with E-state index in [4.69, 9.17) is 0 Å². The van der Waals surface area contributed by atoms with Crippen molar-refractivity contribution in [3.05, 3.63) is 95.6 Å². The maximum absolute atomic E-state index is 13.8. The summed E-state index contributed by atoms with van der Waals surface area (Å²) in [6.45, 7) is 5.17. The quantitative estimate of drug-likeness (QED) is 0.453. The predicted octanol–water partition coefficient (Wildman–Crippen LogP) is 3.70. The van der Waals surface area contributed by atoms with Gasteiger partial charge in [-0.1, -0.05) is 60.7 Å². The van der Waals surface area contributed by atoms with E-state index >= 15 is 0 Å². The lowest BCUT2D eigenvalue weighted by atomic mass is 10.1. The minimum atomic E-state index is -4.06. The molecule has 1 N–H and O–H groups in total. The molecule has 0 saturated carbocycles. The molecule has 0 radical (unpaired) electrons. The van der Waals surface area contributed by atoms with Gasteiger partial charge in [-0.05, 0) is 62.1 Å². The van der Waals surface area contributed by atoms with Crippen LogP contribution >= 0.6 is 0 Å². The Hall–Kier alpha value is -3.65. The van der Waals surface area contributed by atoms with Gasteiger partial charge in [-0.15, -0.1) is 0 Å². The minimum Gasteiger partial charge on any atom is -0.357 e. The van der Waals surface area contributed by atoms with E-state index in [1.165, 1.54) is 24.1 Å². The van der Waals surface area contributed by atoms with Crippen LogP contribution in [0.25, 0.3) is 0 Å². The average Bonchev–Trinajstić information content (AvgIpc) is 2.89. The number of hydrogen-bond donors (Lipinski definition) is 1. The van der Waals surface area contributed by atoms with E-state index < -0.39 is 28.5 Å². The van der Waals surface area contributed by atoms with Gasteiger partial charge in [-0.3, -0.25) is 13.9 Å². The number of hydrogen-bond acceptors (Lipinski definition) is 4. The molecule has 0 fully saturated rings. The molecule has 0 aliphatic rings. The largest absolute Gasteiger partial charge is 0.357 e. The van der Waals surface area contributed by atoms with Crippen LogP contribution in [0.5, 0.6) is 0 Å². The number of nitrogens with one attached hydrogen (secondary N) is 1. The predicted molar refractivity (Wildman–Crippen MR) is 142 cm³/mol. The Balaban J connectivity index is 2.00. The molecule has 3 aromatic carbocycles. The highest BCUT2D eigenvalue weighted by molar-refractivity contribution is 7.92. The van der Waals surface area contributed by atoms with Gasteiger partial charge in [0.25, 0.3) is 10.0 Å². The standard InChI is InChI=1S/C28H33N3O4S/c1-21-15-16-22(2)26(19-21)31(36(34,35)25-13-9-6-10-14-25)20-27(32)30(23(3)28(33)29-4)18-17-24-11-7-5-8-12-24/h5-16,19,23H,17-18,20H2,1-4H3,(H,29,33)/t23-/m1/s1. The van der Waals surface area contributed by atoms with Gasteiger partial charge in [-0.2, -0.15) is 0 Å².